The van der Waals surface area contributed by atoms with Crippen molar-refractivity contribution >= 4 is 6.08 Å². The summed E-state index contributed by atoms with van der Waals surface area (Å²) in [5.41, 5.74) is 1.96. The van der Waals surface area contributed by atoms with Gasteiger partial charge in [-0.05, 0) is 0 Å². The third-order valence-electron chi connectivity index (χ3n) is 1.93. The normalized spacial score (nSPS) is 11.1. The van der Waals surface area contributed by atoms with Crippen LogP contribution >= 0.6 is 0 Å². The zero-order valence-electron chi connectivity index (χ0n) is 9.03. The second-order valence-electron chi connectivity index (χ2n) is 4.33. The Morgan fingerprint density at radius 3 is 2.71 bits per heavy atom. The summed E-state index contributed by atoms with van der Waals surface area (Å²) in [4.78, 5) is 13.6. The highest BCUT2D eigenvalue weighted by molar-refractivity contribution is 5.34. The maximum Gasteiger partial charge on any atom is 0.235 e. The fourth-order valence-corrected chi connectivity index (χ4v) is 1.40. The van der Waals surface area contributed by atoms with Crippen LogP contribution in [0.4, 0.5) is 0 Å². The zero-order chi connectivity index (χ0) is 10.8. The summed E-state index contributed by atoms with van der Waals surface area (Å²) in [7, 11) is 1.86. The minimum atomic E-state index is -0.0189. The fraction of sp³-hybridized carbons (Fsp3) is 0.600. The van der Waals surface area contributed by atoms with Crippen LogP contribution in [0.25, 0.3) is 0 Å². The van der Waals surface area contributed by atoms with Crippen LogP contribution in [-0.2, 0) is 23.8 Å². The van der Waals surface area contributed by atoms with E-state index < -0.39 is 0 Å². The molecular weight excluding hydrogens is 178 g/mol. The molecule has 1 heterocycles. The summed E-state index contributed by atoms with van der Waals surface area (Å²) in [6.45, 7) is 6.63. The Balaban J connectivity index is 3.09. The lowest BCUT2D eigenvalue weighted by atomic mass is 9.90. The lowest BCUT2D eigenvalue weighted by molar-refractivity contribution is 0.547. The van der Waals surface area contributed by atoms with Crippen molar-refractivity contribution in [1.29, 1.82) is 0 Å². The fourth-order valence-electron chi connectivity index (χ4n) is 1.40. The molecule has 0 aliphatic carbocycles. The third-order valence-corrected chi connectivity index (χ3v) is 1.93. The van der Waals surface area contributed by atoms with Gasteiger partial charge in [0.15, 0.2) is 0 Å². The molecule has 0 aliphatic rings. The Bertz CT molecular complexity index is 367. The van der Waals surface area contributed by atoms with E-state index in [2.05, 4.69) is 30.9 Å². The van der Waals surface area contributed by atoms with Crippen molar-refractivity contribution in [2.24, 2.45) is 12.0 Å². The number of nitrogens with zero attached hydrogens (tertiary/aromatic N) is 3. The Hall–Kier alpha value is -1.41. The first-order valence-electron chi connectivity index (χ1n) is 4.52. The highest BCUT2D eigenvalue weighted by Gasteiger charge is 2.21. The predicted molar refractivity (Wildman–Crippen MR) is 53.7 cm³/mol. The molecule has 0 saturated heterocycles. The lowest BCUT2D eigenvalue weighted by Crippen LogP contribution is -2.14. The first kappa shape index (κ1) is 10.7. The number of hydrogen-bond acceptors (Lipinski definition) is 3. The first-order valence-corrected chi connectivity index (χ1v) is 4.52. The average molecular weight is 193 g/mol. The van der Waals surface area contributed by atoms with E-state index in [1.54, 1.807) is 10.8 Å². The standard InChI is InChI=1S/C10H15N3O/c1-10(2,3)9-8(5-11-7-14)6-13(4)12-9/h6H,5H2,1-4H3. The zero-order valence-corrected chi connectivity index (χ0v) is 9.03. The van der Waals surface area contributed by atoms with E-state index in [4.69, 9.17) is 0 Å². The van der Waals surface area contributed by atoms with Gasteiger partial charge in [0, 0.05) is 24.2 Å². The van der Waals surface area contributed by atoms with Gasteiger partial charge in [-0.25, -0.2) is 9.79 Å². The molecule has 0 aromatic carbocycles. The second kappa shape index (κ2) is 3.76. The Morgan fingerprint density at radius 2 is 2.21 bits per heavy atom. The summed E-state index contributed by atoms with van der Waals surface area (Å²) in [5, 5.41) is 4.36. The van der Waals surface area contributed by atoms with E-state index >= 15 is 0 Å². The van der Waals surface area contributed by atoms with Crippen LogP contribution < -0.4 is 0 Å². The van der Waals surface area contributed by atoms with E-state index in [9.17, 15) is 4.79 Å². The van der Waals surface area contributed by atoms with Gasteiger partial charge in [0.25, 0.3) is 0 Å². The van der Waals surface area contributed by atoms with Crippen LogP contribution in [-0.4, -0.2) is 15.9 Å². The molecule has 0 unspecified atom stereocenters. The van der Waals surface area contributed by atoms with Gasteiger partial charge in [0.05, 0.1) is 12.2 Å². The smallest absolute Gasteiger partial charge is 0.235 e. The molecule has 76 valence electrons. The number of rotatable bonds is 2. The van der Waals surface area contributed by atoms with Gasteiger partial charge in [0.1, 0.15) is 0 Å². The maximum atomic E-state index is 10.0. The van der Waals surface area contributed by atoms with Crippen LogP contribution in [0, 0.1) is 0 Å². The van der Waals surface area contributed by atoms with Crippen molar-refractivity contribution in [2.75, 3.05) is 0 Å². The summed E-state index contributed by atoms with van der Waals surface area (Å²) in [6, 6.07) is 0. The van der Waals surface area contributed by atoms with Crippen LogP contribution in [0.1, 0.15) is 32.0 Å². The highest BCUT2D eigenvalue weighted by atomic mass is 16.1. The van der Waals surface area contributed by atoms with Crippen LogP contribution in [0.3, 0.4) is 0 Å². The largest absolute Gasteiger partial charge is 0.275 e. The number of aliphatic imine (C=N–C) groups is 1. The molecule has 0 amide bonds. The summed E-state index contributed by atoms with van der Waals surface area (Å²) in [5.74, 6) is 0. The molecular formula is C10H15N3O. The molecule has 14 heavy (non-hydrogen) atoms. The van der Waals surface area contributed by atoms with Crippen molar-refractivity contribution < 1.29 is 4.79 Å². The highest BCUT2D eigenvalue weighted by Crippen LogP contribution is 2.24. The minimum Gasteiger partial charge on any atom is -0.275 e. The van der Waals surface area contributed by atoms with Gasteiger partial charge in [-0.1, -0.05) is 20.8 Å². The quantitative estimate of drug-likeness (QED) is 0.528. The SMILES string of the molecule is Cn1cc(CN=C=O)c(C(C)(C)C)n1. The molecule has 0 aliphatic heterocycles. The molecule has 0 radical (unpaired) electrons. The molecule has 4 heteroatoms. The van der Waals surface area contributed by atoms with E-state index in [1.807, 2.05) is 13.2 Å². The Kier molecular flexibility index (Phi) is 2.87. The van der Waals surface area contributed by atoms with Crippen molar-refractivity contribution in [1.82, 2.24) is 9.78 Å². The molecule has 1 aromatic heterocycles. The van der Waals surface area contributed by atoms with Gasteiger partial charge in [-0.15, -0.1) is 0 Å². The first-order chi connectivity index (χ1) is 6.45. The molecule has 1 aromatic rings. The number of carbonyl (C=O) groups excluding carboxylic acids is 1. The lowest BCUT2D eigenvalue weighted by Gasteiger charge is -2.16. The van der Waals surface area contributed by atoms with Gasteiger partial charge in [-0.2, -0.15) is 5.10 Å². The molecule has 0 spiro atoms. The molecule has 0 atom stereocenters. The molecule has 0 bridgehead atoms. The summed E-state index contributed by atoms with van der Waals surface area (Å²) >= 11 is 0. The average Bonchev–Trinajstić information content (AvgIpc) is 2.42. The molecule has 0 saturated carbocycles. The van der Waals surface area contributed by atoms with Crippen LogP contribution in [0.5, 0.6) is 0 Å². The maximum absolute atomic E-state index is 10.0. The third kappa shape index (κ3) is 2.30. The topological polar surface area (TPSA) is 47.2 Å². The van der Waals surface area contributed by atoms with Crippen LogP contribution in [0.2, 0.25) is 0 Å². The monoisotopic (exact) mass is 193 g/mol. The van der Waals surface area contributed by atoms with Gasteiger partial charge in [0.2, 0.25) is 6.08 Å². The van der Waals surface area contributed by atoms with E-state index in [-0.39, 0.29) is 5.41 Å². The van der Waals surface area contributed by atoms with Crippen molar-refractivity contribution in [3.8, 4) is 0 Å². The summed E-state index contributed by atoms with van der Waals surface area (Å²) < 4.78 is 1.75. The molecule has 1 rings (SSSR count). The number of hydrogen-bond donors (Lipinski definition) is 0. The number of aryl methyl sites for hydroxylation is 1. The van der Waals surface area contributed by atoms with E-state index in [1.165, 1.54) is 0 Å². The van der Waals surface area contributed by atoms with Gasteiger partial charge < -0.3 is 0 Å². The van der Waals surface area contributed by atoms with E-state index in [0.717, 1.165) is 11.3 Å². The Labute approximate surface area is 83.7 Å². The van der Waals surface area contributed by atoms with Gasteiger partial charge >= 0.3 is 0 Å². The number of aromatic nitrogens is 2. The van der Waals surface area contributed by atoms with E-state index in [0.29, 0.717) is 6.54 Å². The van der Waals surface area contributed by atoms with Crippen molar-refractivity contribution in [2.45, 2.75) is 32.7 Å². The van der Waals surface area contributed by atoms with Crippen molar-refractivity contribution in [3.05, 3.63) is 17.5 Å². The molecule has 0 fully saturated rings. The minimum absolute atomic E-state index is 0.0189. The summed E-state index contributed by atoms with van der Waals surface area (Å²) in [6.07, 6.45) is 3.43. The number of isocyanates is 1. The van der Waals surface area contributed by atoms with Crippen molar-refractivity contribution in [3.63, 3.8) is 0 Å². The second-order valence-corrected chi connectivity index (χ2v) is 4.33. The Morgan fingerprint density at radius 1 is 1.57 bits per heavy atom. The predicted octanol–water partition coefficient (Wildman–Crippen LogP) is 1.55. The van der Waals surface area contributed by atoms with Crippen LogP contribution in [0.15, 0.2) is 11.2 Å². The molecule has 0 N–H and O–H groups in total. The van der Waals surface area contributed by atoms with Gasteiger partial charge in [-0.3, -0.25) is 4.68 Å². The molecule has 4 nitrogen and oxygen atoms in total.